The molecule has 0 bridgehead atoms. The van der Waals surface area contributed by atoms with Crippen molar-refractivity contribution in [3.05, 3.63) is 63.9 Å². The molecule has 1 heterocycles. The summed E-state index contributed by atoms with van der Waals surface area (Å²) >= 11 is 12.3. The third kappa shape index (κ3) is 3.99. The van der Waals surface area contributed by atoms with Crippen LogP contribution in [0.4, 0.5) is 10.1 Å². The van der Waals surface area contributed by atoms with E-state index >= 15 is 0 Å². The fraction of sp³-hybridized carbons (Fsp3) is 0.300. The standard InChI is InChI=1S/C20H20Cl2FN3O2/c1-25(2)18(17-13(22)7-5-8-14(17)23)19(27)24-15-10-11-26(20(15)28)16-9-4-3-6-12(16)21/h3-9,15,18H,10-11H2,1-2H3,(H,24,27)/t15-,18+/m1/s1. The molecule has 1 saturated heterocycles. The maximum Gasteiger partial charge on any atom is 0.249 e. The van der Waals surface area contributed by atoms with Gasteiger partial charge in [0, 0.05) is 17.1 Å². The van der Waals surface area contributed by atoms with Gasteiger partial charge in [-0.2, -0.15) is 0 Å². The van der Waals surface area contributed by atoms with Crippen molar-refractivity contribution >= 4 is 40.7 Å². The van der Waals surface area contributed by atoms with Crippen LogP contribution in [-0.2, 0) is 9.59 Å². The molecule has 1 N–H and O–H groups in total. The molecule has 3 rings (SSSR count). The molecule has 5 nitrogen and oxygen atoms in total. The average molecular weight is 424 g/mol. The number of likely N-dealkylation sites (N-methyl/N-ethyl adjacent to an activating group) is 1. The van der Waals surface area contributed by atoms with Crippen molar-refractivity contribution < 1.29 is 14.0 Å². The molecule has 2 aromatic rings. The molecule has 0 aliphatic carbocycles. The smallest absolute Gasteiger partial charge is 0.249 e. The van der Waals surface area contributed by atoms with E-state index < -0.39 is 23.8 Å². The second-order valence-corrected chi connectivity index (χ2v) is 7.61. The SMILES string of the molecule is CN(C)[C@H](C(=O)N[C@@H]1CCN(c2ccccc2Cl)C1=O)c1c(F)cccc1Cl. The van der Waals surface area contributed by atoms with Gasteiger partial charge in [0.25, 0.3) is 0 Å². The number of nitrogens with zero attached hydrogens (tertiary/aromatic N) is 2. The van der Waals surface area contributed by atoms with Crippen molar-refractivity contribution in [1.82, 2.24) is 10.2 Å². The van der Waals surface area contributed by atoms with E-state index in [1.165, 1.54) is 18.2 Å². The molecule has 148 valence electrons. The molecule has 0 saturated carbocycles. The van der Waals surface area contributed by atoms with E-state index in [2.05, 4.69) is 5.32 Å². The summed E-state index contributed by atoms with van der Waals surface area (Å²) in [5.41, 5.74) is 0.687. The van der Waals surface area contributed by atoms with Gasteiger partial charge >= 0.3 is 0 Å². The van der Waals surface area contributed by atoms with E-state index in [4.69, 9.17) is 23.2 Å². The van der Waals surface area contributed by atoms with Gasteiger partial charge in [-0.05, 0) is 44.8 Å². The summed E-state index contributed by atoms with van der Waals surface area (Å²) in [4.78, 5) is 28.8. The molecule has 2 amide bonds. The fourth-order valence-corrected chi connectivity index (χ4v) is 3.87. The van der Waals surface area contributed by atoms with Gasteiger partial charge in [0.15, 0.2) is 0 Å². The molecule has 0 aromatic heterocycles. The summed E-state index contributed by atoms with van der Waals surface area (Å²) in [5.74, 6) is -1.31. The lowest BCUT2D eigenvalue weighted by Crippen LogP contribution is -2.46. The van der Waals surface area contributed by atoms with Crippen molar-refractivity contribution in [2.45, 2.75) is 18.5 Å². The van der Waals surface area contributed by atoms with Gasteiger partial charge in [-0.1, -0.05) is 41.4 Å². The summed E-state index contributed by atoms with van der Waals surface area (Å²) in [7, 11) is 3.30. The molecule has 2 aromatic carbocycles. The van der Waals surface area contributed by atoms with Crippen LogP contribution in [0, 0.1) is 5.82 Å². The summed E-state index contributed by atoms with van der Waals surface area (Å²) in [5, 5.41) is 3.36. The van der Waals surface area contributed by atoms with Gasteiger partial charge in [-0.3, -0.25) is 14.5 Å². The van der Waals surface area contributed by atoms with Crippen molar-refractivity contribution in [3.8, 4) is 0 Å². The minimum Gasteiger partial charge on any atom is -0.343 e. The number of anilines is 1. The first-order chi connectivity index (χ1) is 13.3. The topological polar surface area (TPSA) is 52.7 Å². The Balaban J connectivity index is 1.80. The quantitative estimate of drug-likeness (QED) is 0.798. The lowest BCUT2D eigenvalue weighted by atomic mass is 10.0. The van der Waals surface area contributed by atoms with Gasteiger partial charge in [-0.25, -0.2) is 4.39 Å². The summed E-state index contributed by atoms with van der Waals surface area (Å²) in [6, 6.07) is 9.63. The second-order valence-electron chi connectivity index (χ2n) is 6.79. The first kappa shape index (κ1) is 20.6. The lowest BCUT2D eigenvalue weighted by Gasteiger charge is -2.26. The molecular formula is C20H20Cl2FN3O2. The van der Waals surface area contributed by atoms with E-state index in [0.29, 0.717) is 23.7 Å². The van der Waals surface area contributed by atoms with Gasteiger partial charge in [0.1, 0.15) is 17.9 Å². The zero-order valence-electron chi connectivity index (χ0n) is 15.5. The number of amides is 2. The Morgan fingerprint density at radius 2 is 1.86 bits per heavy atom. The molecule has 0 unspecified atom stereocenters. The van der Waals surface area contributed by atoms with Crippen LogP contribution in [0.15, 0.2) is 42.5 Å². The molecule has 1 fully saturated rings. The van der Waals surface area contributed by atoms with E-state index in [1.807, 2.05) is 0 Å². The van der Waals surface area contributed by atoms with E-state index in [1.54, 1.807) is 48.2 Å². The second kappa shape index (κ2) is 8.47. The molecule has 1 aliphatic rings. The van der Waals surface area contributed by atoms with Gasteiger partial charge in [-0.15, -0.1) is 0 Å². The minimum absolute atomic E-state index is 0.0834. The number of benzene rings is 2. The zero-order valence-corrected chi connectivity index (χ0v) is 17.0. The van der Waals surface area contributed by atoms with Crippen molar-refractivity contribution in [2.75, 3.05) is 25.5 Å². The average Bonchev–Trinajstić information content (AvgIpc) is 2.98. The molecule has 28 heavy (non-hydrogen) atoms. The van der Waals surface area contributed by atoms with E-state index in [9.17, 15) is 14.0 Å². The third-order valence-corrected chi connectivity index (χ3v) is 5.35. The Bertz CT molecular complexity index is 887. The number of rotatable bonds is 5. The number of hydrogen-bond donors (Lipinski definition) is 1. The Hall–Kier alpha value is -2.15. The maximum atomic E-state index is 14.4. The van der Waals surface area contributed by atoms with Crippen LogP contribution in [0.1, 0.15) is 18.0 Å². The first-order valence-corrected chi connectivity index (χ1v) is 9.53. The van der Waals surface area contributed by atoms with Crippen LogP contribution < -0.4 is 10.2 Å². The van der Waals surface area contributed by atoms with Crippen LogP contribution >= 0.6 is 23.2 Å². The Kier molecular flexibility index (Phi) is 6.23. The minimum atomic E-state index is -0.962. The molecular weight excluding hydrogens is 404 g/mol. The molecule has 2 atom stereocenters. The highest BCUT2D eigenvalue weighted by molar-refractivity contribution is 6.34. The summed E-state index contributed by atoms with van der Waals surface area (Å²) in [6.07, 6.45) is 0.431. The van der Waals surface area contributed by atoms with Gasteiger partial charge < -0.3 is 10.2 Å². The number of para-hydroxylation sites is 1. The highest BCUT2D eigenvalue weighted by Gasteiger charge is 2.37. The lowest BCUT2D eigenvalue weighted by molar-refractivity contribution is -0.129. The largest absolute Gasteiger partial charge is 0.343 e. The first-order valence-electron chi connectivity index (χ1n) is 8.78. The van der Waals surface area contributed by atoms with E-state index in [-0.39, 0.29) is 16.5 Å². The molecule has 0 radical (unpaired) electrons. The number of nitrogens with one attached hydrogen (secondary N) is 1. The van der Waals surface area contributed by atoms with Crippen LogP contribution in [0.25, 0.3) is 0 Å². The van der Waals surface area contributed by atoms with Crippen LogP contribution in [-0.4, -0.2) is 43.4 Å². The Labute approximate surface area is 173 Å². The monoisotopic (exact) mass is 423 g/mol. The highest BCUT2D eigenvalue weighted by atomic mass is 35.5. The van der Waals surface area contributed by atoms with Crippen molar-refractivity contribution in [2.24, 2.45) is 0 Å². The Morgan fingerprint density at radius 3 is 2.50 bits per heavy atom. The number of halogens is 3. The van der Waals surface area contributed by atoms with Crippen molar-refractivity contribution in [3.63, 3.8) is 0 Å². The van der Waals surface area contributed by atoms with Crippen LogP contribution in [0.2, 0.25) is 10.0 Å². The third-order valence-electron chi connectivity index (χ3n) is 4.70. The summed E-state index contributed by atoms with van der Waals surface area (Å²) in [6.45, 7) is 0.431. The molecule has 8 heteroatoms. The van der Waals surface area contributed by atoms with E-state index in [0.717, 1.165) is 0 Å². The highest BCUT2D eigenvalue weighted by Crippen LogP contribution is 2.31. The van der Waals surface area contributed by atoms with Crippen molar-refractivity contribution in [1.29, 1.82) is 0 Å². The molecule has 1 aliphatic heterocycles. The fourth-order valence-electron chi connectivity index (χ4n) is 3.37. The molecule has 0 spiro atoms. The van der Waals surface area contributed by atoms with Crippen LogP contribution in [0.5, 0.6) is 0 Å². The number of carbonyl (C=O) groups is 2. The predicted molar refractivity (Wildman–Crippen MR) is 108 cm³/mol. The predicted octanol–water partition coefficient (Wildman–Crippen LogP) is 3.66. The normalized spacial score (nSPS) is 17.9. The zero-order chi connectivity index (χ0) is 20.4. The number of hydrogen-bond acceptors (Lipinski definition) is 3. The van der Waals surface area contributed by atoms with Gasteiger partial charge in [0.05, 0.1) is 10.7 Å². The van der Waals surface area contributed by atoms with Crippen LogP contribution in [0.3, 0.4) is 0 Å². The number of carbonyl (C=O) groups excluding carboxylic acids is 2. The maximum absolute atomic E-state index is 14.4. The van der Waals surface area contributed by atoms with Gasteiger partial charge in [0.2, 0.25) is 11.8 Å². The Morgan fingerprint density at radius 1 is 1.18 bits per heavy atom. The summed E-state index contributed by atoms with van der Waals surface area (Å²) < 4.78 is 14.4.